The van der Waals surface area contributed by atoms with Crippen LogP contribution in [0.2, 0.25) is 0 Å². The molecule has 10 heteroatoms. The average Bonchev–Trinajstić information content (AvgIpc) is 3.24. The van der Waals surface area contributed by atoms with Crippen molar-refractivity contribution in [3.8, 4) is 11.4 Å². The lowest BCUT2D eigenvalue weighted by atomic mass is 10.2. The van der Waals surface area contributed by atoms with Crippen LogP contribution in [0.25, 0.3) is 22.5 Å². The largest absolute Gasteiger partial charge is 0.423 e. The number of ether oxygens (including phenoxy) is 2. The summed E-state index contributed by atoms with van der Waals surface area (Å²) in [4.78, 5) is 25.1. The molecule has 0 saturated carbocycles. The van der Waals surface area contributed by atoms with Crippen molar-refractivity contribution >= 4 is 29.0 Å². The molecule has 0 radical (unpaired) electrons. The van der Waals surface area contributed by atoms with E-state index >= 15 is 0 Å². The Morgan fingerprint density at radius 3 is 1.97 bits per heavy atom. The van der Waals surface area contributed by atoms with Crippen molar-refractivity contribution in [1.29, 1.82) is 0 Å². The molecule has 2 aliphatic heterocycles. The smallest absolute Gasteiger partial charge is 0.297 e. The van der Waals surface area contributed by atoms with E-state index in [0.29, 0.717) is 50.2 Å². The zero-order valence-electron chi connectivity index (χ0n) is 17.2. The number of oxazole rings is 1. The first-order valence-corrected chi connectivity index (χ1v) is 10.2. The minimum atomic E-state index is 0.570. The summed E-state index contributed by atoms with van der Waals surface area (Å²) in [7, 11) is 3.81. The van der Waals surface area contributed by atoms with Crippen molar-refractivity contribution in [3.05, 3.63) is 18.2 Å². The first kappa shape index (κ1) is 19.0. The van der Waals surface area contributed by atoms with Gasteiger partial charge in [-0.25, -0.2) is 0 Å². The van der Waals surface area contributed by atoms with Gasteiger partial charge in [-0.3, -0.25) is 0 Å². The molecule has 10 nitrogen and oxygen atoms in total. The van der Waals surface area contributed by atoms with Gasteiger partial charge in [-0.15, -0.1) is 0 Å². The Kier molecular flexibility index (Phi) is 5.09. The third-order valence-electron chi connectivity index (χ3n) is 5.22. The van der Waals surface area contributed by atoms with Gasteiger partial charge in [0.2, 0.25) is 11.9 Å². The monoisotopic (exact) mass is 411 g/mol. The Hall–Kier alpha value is -2.98. The molecule has 0 aliphatic carbocycles. The highest BCUT2D eigenvalue weighted by atomic mass is 16.5. The molecule has 30 heavy (non-hydrogen) atoms. The van der Waals surface area contributed by atoms with E-state index in [9.17, 15) is 0 Å². The van der Waals surface area contributed by atoms with Gasteiger partial charge < -0.3 is 28.6 Å². The minimum Gasteiger partial charge on any atom is -0.423 e. The second-order valence-corrected chi connectivity index (χ2v) is 7.53. The van der Waals surface area contributed by atoms with Gasteiger partial charge in [-0.2, -0.15) is 19.9 Å². The maximum Gasteiger partial charge on any atom is 0.297 e. The molecular weight excluding hydrogens is 386 g/mol. The highest BCUT2D eigenvalue weighted by Crippen LogP contribution is 2.27. The number of aromatic nitrogens is 4. The first-order chi connectivity index (χ1) is 14.7. The molecule has 0 amide bonds. The van der Waals surface area contributed by atoms with Gasteiger partial charge >= 0.3 is 0 Å². The molecule has 2 aromatic heterocycles. The molecule has 3 aromatic rings. The number of fused-ring (bicyclic) bond motifs is 1. The zero-order valence-corrected chi connectivity index (χ0v) is 17.2. The molecule has 5 rings (SSSR count). The number of rotatable bonds is 4. The molecule has 0 bridgehead atoms. The summed E-state index contributed by atoms with van der Waals surface area (Å²) in [6, 6.07) is 6.42. The summed E-state index contributed by atoms with van der Waals surface area (Å²) < 4.78 is 16.8. The molecule has 0 unspecified atom stereocenters. The van der Waals surface area contributed by atoms with Crippen molar-refractivity contribution in [2.24, 2.45) is 0 Å². The lowest BCUT2D eigenvalue weighted by molar-refractivity contribution is 0.121. The van der Waals surface area contributed by atoms with Gasteiger partial charge in [0.05, 0.1) is 26.4 Å². The van der Waals surface area contributed by atoms with E-state index < -0.39 is 0 Å². The van der Waals surface area contributed by atoms with Crippen molar-refractivity contribution in [2.45, 2.75) is 0 Å². The van der Waals surface area contributed by atoms with E-state index in [1.54, 1.807) is 0 Å². The van der Waals surface area contributed by atoms with Crippen molar-refractivity contribution in [3.63, 3.8) is 0 Å². The van der Waals surface area contributed by atoms with Gasteiger partial charge in [0.1, 0.15) is 5.52 Å². The topological polar surface area (TPSA) is 92.9 Å². The molecule has 2 fully saturated rings. The summed E-state index contributed by atoms with van der Waals surface area (Å²) in [5.74, 6) is 1.99. The predicted molar refractivity (Wildman–Crippen MR) is 113 cm³/mol. The molecule has 4 heterocycles. The van der Waals surface area contributed by atoms with Crippen molar-refractivity contribution in [1.82, 2.24) is 19.9 Å². The van der Waals surface area contributed by atoms with E-state index in [1.165, 1.54) is 0 Å². The molecule has 2 aliphatic rings. The van der Waals surface area contributed by atoms with Gasteiger partial charge in [0.15, 0.2) is 11.4 Å². The van der Waals surface area contributed by atoms with Gasteiger partial charge in [-0.1, -0.05) is 0 Å². The maximum atomic E-state index is 5.78. The Labute approximate surface area is 174 Å². The number of hydrogen-bond donors (Lipinski definition) is 0. The van der Waals surface area contributed by atoms with Crippen LogP contribution in [0, 0.1) is 0 Å². The van der Waals surface area contributed by atoms with Crippen molar-refractivity contribution in [2.75, 3.05) is 81.4 Å². The van der Waals surface area contributed by atoms with Crippen LogP contribution in [0.5, 0.6) is 0 Å². The Balaban J connectivity index is 1.56. The molecule has 1 aromatic carbocycles. The standard InChI is InChI=1S/C20H25N7O3/c1-25(2)20-21-15-13-14(3-4-16(15)30-20)17-22-18(26-5-9-28-10-6-26)24-19(23-17)27-7-11-29-12-8-27/h3-4,13H,5-12H2,1-2H3. The Morgan fingerprint density at radius 1 is 0.800 bits per heavy atom. The van der Waals surface area contributed by atoms with E-state index in [-0.39, 0.29) is 0 Å². The molecule has 0 N–H and O–H groups in total. The fourth-order valence-electron chi connectivity index (χ4n) is 3.54. The number of nitrogens with zero attached hydrogens (tertiary/aromatic N) is 7. The minimum absolute atomic E-state index is 0.570. The van der Waals surface area contributed by atoms with Gasteiger partial charge in [-0.05, 0) is 18.2 Å². The van der Waals surface area contributed by atoms with Crippen LogP contribution in [0.1, 0.15) is 0 Å². The number of hydrogen-bond acceptors (Lipinski definition) is 10. The number of anilines is 3. The van der Waals surface area contributed by atoms with E-state index in [0.717, 1.165) is 42.8 Å². The van der Waals surface area contributed by atoms with Crippen LogP contribution in [0.4, 0.5) is 17.9 Å². The third kappa shape index (κ3) is 3.75. The summed E-state index contributed by atoms with van der Waals surface area (Å²) in [5, 5.41) is 0. The molecule has 158 valence electrons. The van der Waals surface area contributed by atoms with Crippen LogP contribution in [0.15, 0.2) is 22.6 Å². The Morgan fingerprint density at radius 2 is 1.40 bits per heavy atom. The predicted octanol–water partition coefficient (Wildman–Crippen LogP) is 1.42. The molecule has 0 atom stereocenters. The average molecular weight is 411 g/mol. The summed E-state index contributed by atoms with van der Waals surface area (Å²) >= 11 is 0. The van der Waals surface area contributed by atoms with Crippen LogP contribution >= 0.6 is 0 Å². The Bertz CT molecular complexity index is 990. The lowest BCUT2D eigenvalue weighted by Gasteiger charge is -2.30. The maximum absolute atomic E-state index is 5.78. The van der Waals surface area contributed by atoms with E-state index in [2.05, 4.69) is 14.8 Å². The van der Waals surface area contributed by atoms with Crippen molar-refractivity contribution < 1.29 is 13.9 Å². The van der Waals surface area contributed by atoms with Gasteiger partial charge in [0.25, 0.3) is 6.01 Å². The highest BCUT2D eigenvalue weighted by Gasteiger charge is 2.21. The quantitative estimate of drug-likeness (QED) is 0.627. The second kappa shape index (κ2) is 8.04. The highest BCUT2D eigenvalue weighted by molar-refractivity contribution is 5.80. The summed E-state index contributed by atoms with van der Waals surface area (Å²) in [6.07, 6.45) is 0. The van der Waals surface area contributed by atoms with Gasteiger partial charge in [0, 0.05) is 45.8 Å². The normalized spacial score (nSPS) is 17.5. The summed E-state index contributed by atoms with van der Waals surface area (Å²) in [5.41, 5.74) is 2.39. The summed E-state index contributed by atoms with van der Waals surface area (Å²) in [6.45, 7) is 5.75. The lowest BCUT2D eigenvalue weighted by Crippen LogP contribution is -2.40. The first-order valence-electron chi connectivity index (χ1n) is 10.2. The number of benzene rings is 1. The second-order valence-electron chi connectivity index (χ2n) is 7.53. The van der Waals surface area contributed by atoms with Crippen LogP contribution in [-0.2, 0) is 9.47 Å². The van der Waals surface area contributed by atoms with E-state index in [4.69, 9.17) is 28.8 Å². The SMILES string of the molecule is CN(C)c1nc2cc(-c3nc(N4CCOCC4)nc(N4CCOCC4)n3)ccc2o1. The molecular formula is C20H25N7O3. The van der Waals surface area contributed by atoms with E-state index in [1.807, 2.05) is 37.2 Å². The third-order valence-corrected chi connectivity index (χ3v) is 5.22. The fourth-order valence-corrected chi connectivity index (χ4v) is 3.54. The fraction of sp³-hybridized carbons (Fsp3) is 0.500. The van der Waals surface area contributed by atoms with Crippen LogP contribution in [0.3, 0.4) is 0 Å². The van der Waals surface area contributed by atoms with Crippen LogP contribution in [-0.4, -0.2) is 86.6 Å². The van der Waals surface area contributed by atoms with Crippen LogP contribution < -0.4 is 14.7 Å². The number of morpholine rings is 2. The molecule has 2 saturated heterocycles. The zero-order chi connectivity index (χ0) is 20.5. The molecule has 0 spiro atoms.